The normalized spacial score (nSPS) is 26.1. The molecule has 1 aliphatic heterocycles. The van der Waals surface area contributed by atoms with E-state index in [1.54, 1.807) is 6.92 Å². The number of nitrogens with two attached hydrogens (primary N) is 1. The van der Waals surface area contributed by atoms with Crippen LogP contribution in [0.4, 0.5) is 0 Å². The van der Waals surface area contributed by atoms with Gasteiger partial charge in [-0.2, -0.15) is 0 Å². The van der Waals surface area contributed by atoms with Crippen LogP contribution in [0.1, 0.15) is 26.7 Å². The molecule has 0 aromatic heterocycles. The van der Waals surface area contributed by atoms with E-state index in [4.69, 9.17) is 5.73 Å². The molecule has 4 heteroatoms. The van der Waals surface area contributed by atoms with Crippen LogP contribution in [-0.4, -0.2) is 35.7 Å². The van der Waals surface area contributed by atoms with Crippen LogP contribution in [0.3, 0.4) is 0 Å². The van der Waals surface area contributed by atoms with E-state index in [0.717, 1.165) is 6.42 Å². The number of carbonyl (C=O) groups excluding carboxylic acids is 2. The highest BCUT2D eigenvalue weighted by atomic mass is 16.1. The SMILES string of the molecule is CCC1CN(C(C)C(N)=O)CCC1=O. The van der Waals surface area contributed by atoms with E-state index in [0.29, 0.717) is 25.3 Å². The monoisotopic (exact) mass is 198 g/mol. The maximum absolute atomic E-state index is 11.4. The summed E-state index contributed by atoms with van der Waals surface area (Å²) in [7, 11) is 0. The first-order valence-electron chi connectivity index (χ1n) is 5.12. The van der Waals surface area contributed by atoms with Crippen LogP contribution in [0.5, 0.6) is 0 Å². The number of hydrogen-bond donors (Lipinski definition) is 1. The Kier molecular flexibility index (Phi) is 3.63. The van der Waals surface area contributed by atoms with Crippen LogP contribution in [0.15, 0.2) is 0 Å². The van der Waals surface area contributed by atoms with Crippen LogP contribution in [0.25, 0.3) is 0 Å². The first kappa shape index (κ1) is 11.2. The van der Waals surface area contributed by atoms with E-state index in [9.17, 15) is 9.59 Å². The van der Waals surface area contributed by atoms with Crippen LogP contribution in [0.2, 0.25) is 0 Å². The van der Waals surface area contributed by atoms with Crippen molar-refractivity contribution < 1.29 is 9.59 Å². The van der Waals surface area contributed by atoms with Gasteiger partial charge in [0.1, 0.15) is 5.78 Å². The highest BCUT2D eigenvalue weighted by molar-refractivity contribution is 5.83. The number of nitrogens with zero attached hydrogens (tertiary/aromatic N) is 1. The Labute approximate surface area is 84.4 Å². The zero-order valence-corrected chi connectivity index (χ0v) is 8.82. The number of likely N-dealkylation sites (tertiary alicyclic amines) is 1. The Morgan fingerprint density at radius 2 is 2.36 bits per heavy atom. The van der Waals surface area contributed by atoms with Gasteiger partial charge >= 0.3 is 0 Å². The topological polar surface area (TPSA) is 63.4 Å². The highest BCUT2D eigenvalue weighted by Gasteiger charge is 2.29. The smallest absolute Gasteiger partial charge is 0.234 e. The van der Waals surface area contributed by atoms with E-state index in [2.05, 4.69) is 0 Å². The Balaban J connectivity index is 2.58. The number of hydrogen-bond acceptors (Lipinski definition) is 3. The molecule has 1 rings (SSSR count). The summed E-state index contributed by atoms with van der Waals surface area (Å²) in [4.78, 5) is 24.4. The lowest BCUT2D eigenvalue weighted by molar-refractivity contribution is -0.131. The second-order valence-corrected chi connectivity index (χ2v) is 3.89. The third kappa shape index (κ3) is 2.32. The van der Waals surface area contributed by atoms with Gasteiger partial charge in [-0.15, -0.1) is 0 Å². The van der Waals surface area contributed by atoms with Crippen molar-refractivity contribution in [3.63, 3.8) is 0 Å². The first-order chi connectivity index (χ1) is 6.56. The summed E-state index contributed by atoms with van der Waals surface area (Å²) in [6, 6.07) is -0.253. The van der Waals surface area contributed by atoms with Crippen molar-refractivity contribution >= 4 is 11.7 Å². The zero-order valence-electron chi connectivity index (χ0n) is 8.82. The average Bonchev–Trinajstić information content (AvgIpc) is 2.17. The molecular weight excluding hydrogens is 180 g/mol. The number of amides is 1. The summed E-state index contributed by atoms with van der Waals surface area (Å²) >= 11 is 0. The minimum Gasteiger partial charge on any atom is -0.368 e. The fourth-order valence-corrected chi connectivity index (χ4v) is 1.82. The number of rotatable bonds is 3. The molecule has 0 radical (unpaired) electrons. The predicted molar refractivity (Wildman–Crippen MR) is 53.6 cm³/mol. The van der Waals surface area contributed by atoms with Gasteiger partial charge in [0, 0.05) is 25.4 Å². The van der Waals surface area contributed by atoms with E-state index >= 15 is 0 Å². The molecule has 2 atom stereocenters. The van der Waals surface area contributed by atoms with Gasteiger partial charge in [0.2, 0.25) is 5.91 Å². The van der Waals surface area contributed by atoms with Gasteiger partial charge < -0.3 is 5.73 Å². The molecule has 1 amide bonds. The summed E-state index contributed by atoms with van der Waals surface area (Å²) in [5.41, 5.74) is 5.22. The van der Waals surface area contributed by atoms with Gasteiger partial charge in [0.25, 0.3) is 0 Å². The molecule has 0 bridgehead atoms. The maximum atomic E-state index is 11.4. The third-order valence-corrected chi connectivity index (χ3v) is 3.01. The van der Waals surface area contributed by atoms with Crippen molar-refractivity contribution in [1.29, 1.82) is 0 Å². The minimum atomic E-state index is -0.311. The number of carbonyl (C=O) groups is 2. The van der Waals surface area contributed by atoms with Crippen molar-refractivity contribution in [2.75, 3.05) is 13.1 Å². The van der Waals surface area contributed by atoms with Crippen molar-refractivity contribution in [1.82, 2.24) is 4.90 Å². The molecule has 1 aliphatic rings. The molecule has 0 saturated carbocycles. The van der Waals surface area contributed by atoms with E-state index in [-0.39, 0.29) is 17.9 Å². The average molecular weight is 198 g/mol. The lowest BCUT2D eigenvalue weighted by Crippen LogP contribution is -2.49. The number of ketones is 1. The largest absolute Gasteiger partial charge is 0.368 e. The number of piperidine rings is 1. The summed E-state index contributed by atoms with van der Waals surface area (Å²) in [5, 5.41) is 0. The van der Waals surface area contributed by atoms with Crippen LogP contribution >= 0.6 is 0 Å². The molecule has 0 spiro atoms. The fourth-order valence-electron chi connectivity index (χ4n) is 1.82. The number of Topliss-reactive ketones (excluding diaryl/α,β-unsaturated/α-hetero) is 1. The Morgan fingerprint density at radius 1 is 1.71 bits per heavy atom. The van der Waals surface area contributed by atoms with Crippen LogP contribution in [-0.2, 0) is 9.59 Å². The Hall–Kier alpha value is -0.900. The zero-order chi connectivity index (χ0) is 10.7. The van der Waals surface area contributed by atoms with E-state index in [1.165, 1.54) is 0 Å². The van der Waals surface area contributed by atoms with E-state index < -0.39 is 0 Å². The lowest BCUT2D eigenvalue weighted by Gasteiger charge is -2.34. The first-order valence-corrected chi connectivity index (χ1v) is 5.12. The van der Waals surface area contributed by atoms with Crippen molar-refractivity contribution in [3.8, 4) is 0 Å². The summed E-state index contributed by atoms with van der Waals surface area (Å²) in [5.74, 6) is 0.0974. The molecule has 14 heavy (non-hydrogen) atoms. The van der Waals surface area contributed by atoms with Crippen LogP contribution < -0.4 is 5.73 Å². The fraction of sp³-hybridized carbons (Fsp3) is 0.800. The minimum absolute atomic E-state index is 0.0885. The van der Waals surface area contributed by atoms with Crippen molar-refractivity contribution in [3.05, 3.63) is 0 Å². The molecule has 80 valence electrons. The quantitative estimate of drug-likeness (QED) is 0.702. The lowest BCUT2D eigenvalue weighted by atomic mass is 9.93. The molecule has 0 aromatic carbocycles. The molecule has 2 N–H and O–H groups in total. The molecular formula is C10H18N2O2. The van der Waals surface area contributed by atoms with Crippen molar-refractivity contribution in [2.45, 2.75) is 32.7 Å². The van der Waals surface area contributed by atoms with Crippen molar-refractivity contribution in [2.24, 2.45) is 11.7 Å². The molecule has 0 aliphatic carbocycles. The van der Waals surface area contributed by atoms with E-state index in [1.807, 2.05) is 11.8 Å². The second kappa shape index (κ2) is 4.55. The molecule has 0 aromatic rings. The molecule has 1 saturated heterocycles. The summed E-state index contributed by atoms with van der Waals surface area (Å²) in [6.07, 6.45) is 1.40. The molecule has 1 heterocycles. The van der Waals surface area contributed by atoms with Gasteiger partial charge in [-0.25, -0.2) is 0 Å². The Morgan fingerprint density at radius 3 is 2.86 bits per heavy atom. The molecule has 1 fully saturated rings. The molecule has 2 unspecified atom stereocenters. The second-order valence-electron chi connectivity index (χ2n) is 3.89. The van der Waals surface area contributed by atoms with Gasteiger partial charge in [0.05, 0.1) is 6.04 Å². The Bertz CT molecular complexity index is 240. The number of primary amides is 1. The van der Waals surface area contributed by atoms with Gasteiger partial charge in [-0.1, -0.05) is 6.92 Å². The molecule has 4 nitrogen and oxygen atoms in total. The third-order valence-electron chi connectivity index (χ3n) is 3.01. The highest BCUT2D eigenvalue weighted by Crippen LogP contribution is 2.17. The van der Waals surface area contributed by atoms with Gasteiger partial charge in [-0.05, 0) is 13.3 Å². The van der Waals surface area contributed by atoms with Crippen LogP contribution in [0, 0.1) is 5.92 Å². The summed E-state index contributed by atoms with van der Waals surface area (Å²) < 4.78 is 0. The standard InChI is InChI=1S/C10H18N2O2/c1-3-8-6-12(5-4-9(8)13)7(2)10(11)14/h7-8H,3-6H2,1-2H3,(H2,11,14). The maximum Gasteiger partial charge on any atom is 0.234 e. The predicted octanol–water partition coefficient (Wildman–Crippen LogP) is 0.161. The summed E-state index contributed by atoms with van der Waals surface area (Å²) in [6.45, 7) is 5.14. The van der Waals surface area contributed by atoms with Gasteiger partial charge in [0.15, 0.2) is 0 Å². The van der Waals surface area contributed by atoms with Gasteiger partial charge in [-0.3, -0.25) is 14.5 Å².